The van der Waals surface area contributed by atoms with Crippen molar-refractivity contribution in [3.63, 3.8) is 0 Å². The summed E-state index contributed by atoms with van der Waals surface area (Å²) in [6.45, 7) is 1.90. The van der Waals surface area contributed by atoms with Crippen LogP contribution in [0.25, 0.3) is 0 Å². The summed E-state index contributed by atoms with van der Waals surface area (Å²) in [7, 11) is 1.79. The van der Waals surface area contributed by atoms with Crippen LogP contribution in [0.2, 0.25) is 5.02 Å². The molecule has 1 atom stereocenters. The third kappa shape index (κ3) is 2.68. The van der Waals surface area contributed by atoms with Gasteiger partial charge >= 0.3 is 0 Å². The largest absolute Gasteiger partial charge is 0.338 e. The van der Waals surface area contributed by atoms with E-state index in [1.54, 1.807) is 19.2 Å². The fourth-order valence-electron chi connectivity index (χ4n) is 1.50. The Kier molecular flexibility index (Phi) is 3.93. The van der Waals surface area contributed by atoms with Crippen LogP contribution >= 0.6 is 11.6 Å². The molecule has 1 heterocycles. The topological polar surface area (TPSA) is 51.0 Å². The first-order chi connectivity index (χ1) is 8.61. The molecule has 0 spiro atoms. The predicted molar refractivity (Wildman–Crippen MR) is 66.0 cm³/mol. The fourth-order valence-corrected chi connectivity index (χ4v) is 1.73. The van der Waals surface area contributed by atoms with Crippen LogP contribution < -0.4 is 5.32 Å². The normalized spacial score (nSPS) is 12.7. The highest BCUT2D eigenvalue weighted by Crippen LogP contribution is 2.21. The van der Waals surface area contributed by atoms with Crippen molar-refractivity contribution in [2.24, 2.45) is 0 Å². The molecule has 0 fully saturated rings. The average Bonchev–Trinajstić information content (AvgIpc) is 2.81. The lowest BCUT2D eigenvalue weighted by atomic mass is 10.1. The molecule has 18 heavy (non-hydrogen) atoms. The second-order valence-corrected chi connectivity index (χ2v) is 4.34. The van der Waals surface area contributed by atoms with Gasteiger partial charge in [-0.15, -0.1) is 0 Å². The fraction of sp³-hybridized carbons (Fsp3) is 0.333. The van der Waals surface area contributed by atoms with Gasteiger partial charge in [0.1, 0.15) is 5.82 Å². The van der Waals surface area contributed by atoms with Crippen LogP contribution in [-0.4, -0.2) is 17.2 Å². The van der Waals surface area contributed by atoms with E-state index in [4.69, 9.17) is 16.1 Å². The van der Waals surface area contributed by atoms with E-state index in [-0.39, 0.29) is 18.3 Å². The summed E-state index contributed by atoms with van der Waals surface area (Å²) in [5.74, 6) is 0.523. The van der Waals surface area contributed by atoms with E-state index < -0.39 is 0 Å². The van der Waals surface area contributed by atoms with Gasteiger partial charge in [0.05, 0.1) is 6.04 Å². The summed E-state index contributed by atoms with van der Waals surface area (Å²) >= 11 is 5.94. The Morgan fingerprint density at radius 2 is 2.28 bits per heavy atom. The first-order valence-corrected chi connectivity index (χ1v) is 5.92. The Morgan fingerprint density at radius 1 is 1.50 bits per heavy atom. The van der Waals surface area contributed by atoms with Gasteiger partial charge in [-0.3, -0.25) is 0 Å². The lowest BCUT2D eigenvalue weighted by Gasteiger charge is -2.02. The minimum Gasteiger partial charge on any atom is -0.338 e. The summed E-state index contributed by atoms with van der Waals surface area (Å²) in [5.41, 5.74) is 0.378. The number of hydrogen-bond donors (Lipinski definition) is 1. The van der Waals surface area contributed by atoms with Gasteiger partial charge in [-0.2, -0.15) is 4.98 Å². The monoisotopic (exact) mass is 269 g/mol. The molecule has 0 radical (unpaired) electrons. The quantitative estimate of drug-likeness (QED) is 0.927. The number of aromatic nitrogens is 2. The molecule has 0 saturated heterocycles. The van der Waals surface area contributed by atoms with Gasteiger partial charge < -0.3 is 9.84 Å². The maximum atomic E-state index is 13.6. The molecular formula is C12H13ClFN3O. The highest BCUT2D eigenvalue weighted by atomic mass is 35.5. The molecule has 1 aromatic heterocycles. The Morgan fingerprint density at radius 3 is 2.94 bits per heavy atom. The van der Waals surface area contributed by atoms with E-state index in [0.29, 0.717) is 22.3 Å². The van der Waals surface area contributed by atoms with Crippen molar-refractivity contribution in [1.29, 1.82) is 0 Å². The molecule has 4 nitrogen and oxygen atoms in total. The van der Waals surface area contributed by atoms with Gasteiger partial charge in [0.15, 0.2) is 5.82 Å². The first kappa shape index (κ1) is 13.0. The van der Waals surface area contributed by atoms with Gasteiger partial charge in [0, 0.05) is 17.0 Å². The van der Waals surface area contributed by atoms with Crippen molar-refractivity contribution in [2.75, 3.05) is 7.05 Å². The lowest BCUT2D eigenvalue weighted by molar-refractivity contribution is 0.343. The van der Waals surface area contributed by atoms with Gasteiger partial charge in [0.2, 0.25) is 5.89 Å². The number of nitrogens with one attached hydrogen (secondary N) is 1. The molecule has 1 N–H and O–H groups in total. The minimum atomic E-state index is -0.365. The molecule has 6 heteroatoms. The zero-order valence-electron chi connectivity index (χ0n) is 10.1. The van der Waals surface area contributed by atoms with Gasteiger partial charge in [-0.1, -0.05) is 22.8 Å². The molecule has 1 aromatic carbocycles. The molecule has 0 saturated carbocycles. The molecule has 0 bridgehead atoms. The Hall–Kier alpha value is -1.46. The van der Waals surface area contributed by atoms with Crippen molar-refractivity contribution >= 4 is 11.6 Å². The number of hydrogen-bond acceptors (Lipinski definition) is 4. The van der Waals surface area contributed by atoms with E-state index in [0.717, 1.165) is 0 Å². The first-order valence-electron chi connectivity index (χ1n) is 5.54. The van der Waals surface area contributed by atoms with Crippen LogP contribution in [0.5, 0.6) is 0 Å². The van der Waals surface area contributed by atoms with E-state index in [1.807, 2.05) is 6.92 Å². The lowest BCUT2D eigenvalue weighted by Crippen LogP contribution is -2.12. The molecule has 0 amide bonds. The van der Waals surface area contributed by atoms with Gasteiger partial charge in [-0.05, 0) is 26.1 Å². The van der Waals surface area contributed by atoms with Crippen LogP contribution in [0.3, 0.4) is 0 Å². The zero-order chi connectivity index (χ0) is 13.1. The standard InChI is InChI=1S/C12H13ClFN3O/c1-7(15-2)12-16-11(17-18-12)6-8-9(13)4-3-5-10(8)14/h3-5,7,15H,6H2,1-2H3. The summed E-state index contributed by atoms with van der Waals surface area (Å²) in [6, 6.07) is 4.52. The molecule has 0 aliphatic heterocycles. The van der Waals surface area contributed by atoms with Crippen LogP contribution in [0, 0.1) is 5.82 Å². The van der Waals surface area contributed by atoms with Crippen molar-refractivity contribution < 1.29 is 8.91 Å². The Balaban J connectivity index is 2.21. The van der Waals surface area contributed by atoms with E-state index in [2.05, 4.69) is 15.5 Å². The Labute approximate surface area is 109 Å². The van der Waals surface area contributed by atoms with E-state index >= 15 is 0 Å². The third-order valence-electron chi connectivity index (χ3n) is 2.68. The van der Waals surface area contributed by atoms with Crippen LogP contribution in [0.1, 0.15) is 30.2 Å². The molecule has 1 unspecified atom stereocenters. The second kappa shape index (κ2) is 5.46. The zero-order valence-corrected chi connectivity index (χ0v) is 10.8. The number of halogens is 2. The van der Waals surface area contributed by atoms with Crippen molar-refractivity contribution in [1.82, 2.24) is 15.5 Å². The average molecular weight is 270 g/mol. The van der Waals surface area contributed by atoms with E-state index in [9.17, 15) is 4.39 Å². The van der Waals surface area contributed by atoms with Gasteiger partial charge in [0.25, 0.3) is 0 Å². The third-order valence-corrected chi connectivity index (χ3v) is 3.04. The highest BCUT2D eigenvalue weighted by molar-refractivity contribution is 6.31. The summed E-state index contributed by atoms with van der Waals surface area (Å²) in [5, 5.41) is 7.16. The highest BCUT2D eigenvalue weighted by Gasteiger charge is 2.15. The number of benzene rings is 1. The van der Waals surface area contributed by atoms with Crippen LogP contribution in [0.15, 0.2) is 22.7 Å². The molecule has 2 aromatic rings. The predicted octanol–water partition coefficient (Wildman–Crippen LogP) is 2.73. The summed E-state index contributed by atoms with van der Waals surface area (Å²) < 4.78 is 18.7. The van der Waals surface area contributed by atoms with Crippen LogP contribution in [-0.2, 0) is 6.42 Å². The van der Waals surface area contributed by atoms with Crippen molar-refractivity contribution in [3.8, 4) is 0 Å². The molecule has 96 valence electrons. The number of nitrogens with zero attached hydrogens (tertiary/aromatic N) is 2. The summed E-state index contributed by atoms with van der Waals surface area (Å²) in [6.07, 6.45) is 0.214. The second-order valence-electron chi connectivity index (χ2n) is 3.94. The maximum Gasteiger partial charge on any atom is 0.243 e. The molecule has 2 rings (SSSR count). The summed E-state index contributed by atoms with van der Waals surface area (Å²) in [4.78, 5) is 4.19. The smallest absolute Gasteiger partial charge is 0.243 e. The molecular weight excluding hydrogens is 257 g/mol. The minimum absolute atomic E-state index is 0.0395. The van der Waals surface area contributed by atoms with Crippen LogP contribution in [0.4, 0.5) is 4.39 Å². The van der Waals surface area contributed by atoms with Crippen molar-refractivity contribution in [2.45, 2.75) is 19.4 Å². The Bertz CT molecular complexity index is 524. The molecule has 0 aliphatic carbocycles. The number of rotatable bonds is 4. The SMILES string of the molecule is CNC(C)c1nc(Cc2c(F)cccc2Cl)no1. The maximum absolute atomic E-state index is 13.6. The molecule has 0 aliphatic rings. The van der Waals surface area contributed by atoms with E-state index in [1.165, 1.54) is 6.07 Å². The van der Waals surface area contributed by atoms with Gasteiger partial charge in [-0.25, -0.2) is 4.39 Å². The van der Waals surface area contributed by atoms with Crippen molar-refractivity contribution in [3.05, 3.63) is 46.3 Å².